The normalized spacial score (nSPS) is 18.6. The molecule has 1 aliphatic rings. The van der Waals surface area contributed by atoms with Crippen molar-refractivity contribution in [3.05, 3.63) is 33.7 Å². The van der Waals surface area contributed by atoms with E-state index >= 15 is 0 Å². The van der Waals surface area contributed by atoms with Crippen molar-refractivity contribution in [3.63, 3.8) is 0 Å². The number of aromatic amines is 1. The summed E-state index contributed by atoms with van der Waals surface area (Å²) in [4.78, 5) is 25.8. The number of aromatic nitrogens is 1. The molecule has 0 aliphatic heterocycles. The second-order valence-electron chi connectivity index (χ2n) is 5.91. The van der Waals surface area contributed by atoms with E-state index in [1.54, 1.807) is 0 Å². The lowest BCUT2D eigenvalue weighted by Crippen LogP contribution is -2.42. The first-order valence-electron chi connectivity index (χ1n) is 6.54. The topological polar surface area (TPSA) is 71.2 Å². The Morgan fingerprint density at radius 2 is 2.16 bits per heavy atom. The Balaban J connectivity index is 1.97. The van der Waals surface area contributed by atoms with Crippen molar-refractivity contribution >= 4 is 6.09 Å². The van der Waals surface area contributed by atoms with Crippen LogP contribution in [0, 0.1) is 0 Å². The van der Waals surface area contributed by atoms with Gasteiger partial charge in [0.15, 0.2) is 0 Å². The van der Waals surface area contributed by atoms with Crippen LogP contribution in [-0.2, 0) is 17.6 Å². The van der Waals surface area contributed by atoms with Gasteiger partial charge in [0.05, 0.1) is 0 Å². The number of hydrogen-bond donors (Lipinski definition) is 2. The molecule has 5 heteroatoms. The van der Waals surface area contributed by atoms with E-state index in [1.807, 2.05) is 26.8 Å². The highest BCUT2D eigenvalue weighted by Gasteiger charge is 2.23. The Kier molecular flexibility index (Phi) is 3.64. The lowest BCUT2D eigenvalue weighted by molar-refractivity contribution is 0.0500. The van der Waals surface area contributed by atoms with Crippen LogP contribution >= 0.6 is 0 Å². The van der Waals surface area contributed by atoms with Gasteiger partial charge in [-0.2, -0.15) is 0 Å². The van der Waals surface area contributed by atoms with Crippen molar-refractivity contribution in [3.8, 4) is 0 Å². The number of rotatable bonds is 1. The van der Waals surface area contributed by atoms with E-state index in [-0.39, 0.29) is 17.7 Å². The molecule has 1 aromatic rings. The van der Waals surface area contributed by atoms with E-state index in [9.17, 15) is 9.59 Å². The van der Waals surface area contributed by atoms with Crippen molar-refractivity contribution in [1.29, 1.82) is 0 Å². The molecule has 0 bridgehead atoms. The number of nitrogens with one attached hydrogen (secondary N) is 2. The molecule has 1 atom stereocenters. The molecule has 0 aromatic carbocycles. The molecule has 2 rings (SSSR count). The lowest BCUT2D eigenvalue weighted by atomic mass is 9.92. The van der Waals surface area contributed by atoms with Gasteiger partial charge in [0.25, 0.3) is 0 Å². The molecule has 1 aliphatic carbocycles. The van der Waals surface area contributed by atoms with Crippen LogP contribution in [0.4, 0.5) is 4.79 Å². The molecule has 0 saturated heterocycles. The molecule has 1 amide bonds. The first-order valence-corrected chi connectivity index (χ1v) is 6.54. The number of aryl methyl sites for hydroxylation is 1. The molecule has 19 heavy (non-hydrogen) atoms. The van der Waals surface area contributed by atoms with Crippen molar-refractivity contribution in [1.82, 2.24) is 10.3 Å². The minimum atomic E-state index is -0.484. The molecule has 2 N–H and O–H groups in total. The zero-order valence-electron chi connectivity index (χ0n) is 11.6. The third-order valence-corrected chi connectivity index (χ3v) is 3.03. The quantitative estimate of drug-likeness (QED) is 0.812. The first kappa shape index (κ1) is 13.6. The molecule has 1 unspecified atom stereocenters. The summed E-state index contributed by atoms with van der Waals surface area (Å²) >= 11 is 0. The zero-order valence-corrected chi connectivity index (χ0v) is 11.6. The Morgan fingerprint density at radius 3 is 2.84 bits per heavy atom. The fourth-order valence-electron chi connectivity index (χ4n) is 2.25. The van der Waals surface area contributed by atoms with Gasteiger partial charge in [-0.1, -0.05) is 6.07 Å². The van der Waals surface area contributed by atoms with Crippen LogP contribution in [0.3, 0.4) is 0 Å². The number of carbonyl (C=O) groups is 1. The largest absolute Gasteiger partial charge is 0.444 e. The summed E-state index contributed by atoms with van der Waals surface area (Å²) in [7, 11) is 0. The molecule has 1 aromatic heterocycles. The van der Waals surface area contributed by atoms with Crippen molar-refractivity contribution in [2.24, 2.45) is 0 Å². The van der Waals surface area contributed by atoms with Gasteiger partial charge < -0.3 is 15.0 Å². The van der Waals surface area contributed by atoms with Crippen LogP contribution in [0.5, 0.6) is 0 Å². The highest BCUT2D eigenvalue weighted by atomic mass is 16.6. The number of fused-ring (bicyclic) bond motifs is 1. The maximum Gasteiger partial charge on any atom is 0.407 e. The van der Waals surface area contributed by atoms with Crippen LogP contribution < -0.4 is 10.9 Å². The maximum atomic E-state index is 11.7. The molecule has 1 heterocycles. The van der Waals surface area contributed by atoms with Crippen LogP contribution in [-0.4, -0.2) is 22.7 Å². The Morgan fingerprint density at radius 1 is 1.42 bits per heavy atom. The van der Waals surface area contributed by atoms with Crippen LogP contribution in [0.1, 0.15) is 38.4 Å². The summed E-state index contributed by atoms with van der Waals surface area (Å²) in [6.45, 7) is 5.52. The highest BCUT2D eigenvalue weighted by molar-refractivity contribution is 5.68. The zero-order chi connectivity index (χ0) is 14.0. The third kappa shape index (κ3) is 3.84. The summed E-state index contributed by atoms with van der Waals surface area (Å²) in [5.74, 6) is 0. The fraction of sp³-hybridized carbons (Fsp3) is 0.571. The van der Waals surface area contributed by atoms with Crippen LogP contribution in [0.2, 0.25) is 0 Å². The predicted octanol–water partition coefficient (Wildman–Crippen LogP) is 1.76. The van der Waals surface area contributed by atoms with Gasteiger partial charge in [0.1, 0.15) is 5.60 Å². The number of amides is 1. The Labute approximate surface area is 112 Å². The fourth-order valence-corrected chi connectivity index (χ4v) is 2.25. The average Bonchev–Trinajstić information content (AvgIpc) is 2.26. The number of carbonyl (C=O) groups excluding carboxylic acids is 1. The van der Waals surface area contributed by atoms with Gasteiger partial charge in [-0.3, -0.25) is 4.79 Å². The monoisotopic (exact) mass is 264 g/mol. The highest BCUT2D eigenvalue weighted by Crippen LogP contribution is 2.18. The number of pyridine rings is 1. The first-order chi connectivity index (χ1) is 8.83. The van der Waals surface area contributed by atoms with Gasteiger partial charge >= 0.3 is 6.09 Å². The summed E-state index contributed by atoms with van der Waals surface area (Å²) in [5, 5.41) is 2.88. The summed E-state index contributed by atoms with van der Waals surface area (Å²) in [6, 6.07) is 3.42. The smallest absolute Gasteiger partial charge is 0.407 e. The number of ether oxygens (including phenoxy) is 1. The molecule has 0 fully saturated rings. The van der Waals surface area contributed by atoms with Crippen molar-refractivity contribution in [2.45, 2.75) is 51.7 Å². The lowest BCUT2D eigenvalue weighted by Gasteiger charge is -2.27. The van der Waals surface area contributed by atoms with E-state index < -0.39 is 5.60 Å². The Hall–Kier alpha value is -1.78. The number of alkyl carbamates (subject to hydrolysis) is 1. The van der Waals surface area contributed by atoms with Crippen molar-refractivity contribution < 1.29 is 9.53 Å². The summed E-state index contributed by atoms with van der Waals surface area (Å²) in [5.41, 5.74) is 1.51. The van der Waals surface area contributed by atoms with E-state index in [0.29, 0.717) is 0 Å². The van der Waals surface area contributed by atoms with Gasteiger partial charge in [0.2, 0.25) is 5.56 Å². The Bertz CT molecular complexity index is 528. The summed E-state index contributed by atoms with van der Waals surface area (Å²) in [6.07, 6.45) is 1.93. The molecule has 0 radical (unpaired) electrons. The van der Waals surface area contributed by atoms with Crippen LogP contribution in [0.25, 0.3) is 0 Å². The SMILES string of the molecule is CC(C)(C)OC(=O)NC1CCc2[nH]c(=O)ccc2C1. The molecule has 104 valence electrons. The van der Waals surface area contributed by atoms with E-state index in [4.69, 9.17) is 4.74 Å². The maximum absolute atomic E-state index is 11.7. The van der Waals surface area contributed by atoms with Gasteiger partial charge in [-0.15, -0.1) is 0 Å². The van der Waals surface area contributed by atoms with E-state index in [0.717, 1.165) is 30.5 Å². The minimum Gasteiger partial charge on any atom is -0.444 e. The standard InChI is InChI=1S/C14H20N2O3/c1-14(2,3)19-13(18)15-10-5-6-11-9(8-10)4-7-12(17)16-11/h4,7,10H,5-6,8H2,1-3H3,(H,15,18)(H,16,17). The molecular weight excluding hydrogens is 244 g/mol. The molecule has 0 saturated carbocycles. The van der Waals surface area contributed by atoms with Gasteiger partial charge in [-0.05, 0) is 45.6 Å². The second kappa shape index (κ2) is 5.07. The average molecular weight is 264 g/mol. The number of H-pyrrole nitrogens is 1. The summed E-state index contributed by atoms with van der Waals surface area (Å²) < 4.78 is 5.24. The molecule has 5 nitrogen and oxygen atoms in total. The van der Waals surface area contributed by atoms with E-state index in [2.05, 4.69) is 10.3 Å². The van der Waals surface area contributed by atoms with Crippen molar-refractivity contribution in [2.75, 3.05) is 0 Å². The predicted molar refractivity (Wildman–Crippen MR) is 72.2 cm³/mol. The van der Waals surface area contributed by atoms with Gasteiger partial charge in [-0.25, -0.2) is 4.79 Å². The third-order valence-electron chi connectivity index (χ3n) is 3.03. The molecular formula is C14H20N2O3. The second-order valence-corrected chi connectivity index (χ2v) is 5.91. The van der Waals surface area contributed by atoms with Crippen LogP contribution in [0.15, 0.2) is 16.9 Å². The van der Waals surface area contributed by atoms with Gasteiger partial charge in [0, 0.05) is 17.8 Å². The molecule has 0 spiro atoms. The number of hydrogen-bond acceptors (Lipinski definition) is 3. The minimum absolute atomic E-state index is 0.0632. The van der Waals surface area contributed by atoms with E-state index in [1.165, 1.54) is 6.07 Å².